The Labute approximate surface area is 92.0 Å². The van der Waals surface area contributed by atoms with Crippen LogP contribution in [0.4, 0.5) is 0 Å². The molecule has 1 atom stereocenters. The minimum absolute atomic E-state index is 0.0598. The van der Waals surface area contributed by atoms with Crippen molar-refractivity contribution in [2.75, 3.05) is 11.5 Å². The van der Waals surface area contributed by atoms with Gasteiger partial charge in [-0.2, -0.15) is 0 Å². The highest BCUT2D eigenvalue weighted by Gasteiger charge is 2.28. The van der Waals surface area contributed by atoms with Gasteiger partial charge in [0.15, 0.2) is 9.84 Å². The second kappa shape index (κ2) is 3.93. The summed E-state index contributed by atoms with van der Waals surface area (Å²) < 4.78 is 20.4. The first-order valence-corrected chi connectivity index (χ1v) is 6.55. The van der Waals surface area contributed by atoms with E-state index in [4.69, 9.17) is 34.8 Å². The highest BCUT2D eigenvalue weighted by Crippen LogP contribution is 2.24. The van der Waals surface area contributed by atoms with Crippen LogP contribution in [0.25, 0.3) is 0 Å². The second-order valence-corrected chi connectivity index (χ2v) is 7.47. The lowest BCUT2D eigenvalue weighted by atomic mass is 10.3. The number of alkyl halides is 3. The SMILES string of the molecule is O=S1(=O)CC[C@@H](N=CC(Cl)(Cl)Cl)C1. The molecule has 0 N–H and O–H groups in total. The number of aliphatic imine (C=N–C) groups is 1. The highest BCUT2D eigenvalue weighted by atomic mass is 35.6. The van der Waals surface area contributed by atoms with E-state index in [1.165, 1.54) is 0 Å². The topological polar surface area (TPSA) is 46.5 Å². The molecule has 1 rings (SSSR count). The van der Waals surface area contributed by atoms with E-state index in [1.54, 1.807) is 0 Å². The summed E-state index contributed by atoms with van der Waals surface area (Å²) in [5, 5.41) is 0. The molecule has 0 aromatic rings. The summed E-state index contributed by atoms with van der Waals surface area (Å²) in [5.74, 6) is 0.235. The van der Waals surface area contributed by atoms with Gasteiger partial charge in [0.2, 0.25) is 3.79 Å². The summed E-state index contributed by atoms with van der Waals surface area (Å²) in [4.78, 5) is 3.89. The lowest BCUT2D eigenvalue weighted by molar-refractivity contribution is 0.601. The van der Waals surface area contributed by atoms with Crippen molar-refractivity contribution in [3.05, 3.63) is 0 Å². The molecule has 0 unspecified atom stereocenters. The molecule has 1 heterocycles. The first kappa shape index (κ1) is 11.6. The van der Waals surface area contributed by atoms with Gasteiger partial charge in [-0.1, -0.05) is 34.8 Å². The van der Waals surface area contributed by atoms with E-state index < -0.39 is 13.6 Å². The Bertz CT molecular complexity index is 306. The summed E-state index contributed by atoms with van der Waals surface area (Å²) in [6.45, 7) is 0. The van der Waals surface area contributed by atoms with Gasteiger partial charge in [0.05, 0.1) is 23.8 Å². The Kier molecular flexibility index (Phi) is 3.49. The molecule has 1 saturated heterocycles. The molecule has 1 fully saturated rings. The second-order valence-electron chi connectivity index (χ2n) is 2.88. The predicted molar refractivity (Wildman–Crippen MR) is 55.8 cm³/mol. The Balaban J connectivity index is 2.55. The van der Waals surface area contributed by atoms with Crippen LogP contribution in [0.5, 0.6) is 0 Å². The molecule has 13 heavy (non-hydrogen) atoms. The van der Waals surface area contributed by atoms with Crippen LogP contribution in [-0.2, 0) is 9.84 Å². The van der Waals surface area contributed by atoms with Gasteiger partial charge in [-0.15, -0.1) is 0 Å². The van der Waals surface area contributed by atoms with E-state index >= 15 is 0 Å². The Morgan fingerprint density at radius 3 is 2.38 bits per heavy atom. The van der Waals surface area contributed by atoms with E-state index in [1.807, 2.05) is 0 Å². The molecule has 7 heteroatoms. The first-order valence-electron chi connectivity index (χ1n) is 3.60. The molecule has 0 bridgehead atoms. The lowest BCUT2D eigenvalue weighted by Gasteiger charge is -2.04. The van der Waals surface area contributed by atoms with Gasteiger partial charge >= 0.3 is 0 Å². The number of rotatable bonds is 1. The van der Waals surface area contributed by atoms with Gasteiger partial charge in [0.1, 0.15) is 0 Å². The molecule has 3 nitrogen and oxygen atoms in total. The number of hydrogen-bond acceptors (Lipinski definition) is 3. The van der Waals surface area contributed by atoms with E-state index in [2.05, 4.69) is 4.99 Å². The van der Waals surface area contributed by atoms with Crippen molar-refractivity contribution in [1.29, 1.82) is 0 Å². The normalized spacial score (nSPS) is 28.4. The molecular formula is C6H8Cl3NO2S. The van der Waals surface area contributed by atoms with Gasteiger partial charge < -0.3 is 0 Å². The van der Waals surface area contributed by atoms with Crippen LogP contribution in [0.15, 0.2) is 4.99 Å². The zero-order valence-corrected chi connectivity index (χ0v) is 9.67. The third-order valence-corrected chi connectivity index (χ3v) is 3.68. The molecule has 0 aromatic heterocycles. The molecule has 0 aliphatic carbocycles. The van der Waals surface area contributed by atoms with E-state index in [-0.39, 0.29) is 17.5 Å². The van der Waals surface area contributed by atoms with Crippen LogP contribution in [-0.4, -0.2) is 36.0 Å². The number of hydrogen-bond donors (Lipinski definition) is 0. The number of nitrogens with zero attached hydrogens (tertiary/aromatic N) is 1. The molecule has 1 aliphatic heterocycles. The smallest absolute Gasteiger partial charge is 0.225 e. The molecule has 0 radical (unpaired) electrons. The lowest BCUT2D eigenvalue weighted by Crippen LogP contribution is -2.11. The third kappa shape index (κ3) is 4.49. The first-order chi connectivity index (χ1) is 5.79. The fourth-order valence-corrected chi connectivity index (χ4v) is 2.89. The molecule has 0 amide bonds. The van der Waals surface area contributed by atoms with Crippen molar-refractivity contribution < 1.29 is 8.42 Å². The van der Waals surface area contributed by atoms with Crippen molar-refractivity contribution >= 4 is 50.9 Å². The molecular weight excluding hydrogens is 256 g/mol. The molecule has 76 valence electrons. The van der Waals surface area contributed by atoms with Crippen LogP contribution in [0.3, 0.4) is 0 Å². The van der Waals surface area contributed by atoms with Crippen LogP contribution in [0.2, 0.25) is 0 Å². The summed E-state index contributed by atoms with van der Waals surface area (Å²) in [5.41, 5.74) is 0. The average Bonchev–Trinajstić information content (AvgIpc) is 2.24. The van der Waals surface area contributed by atoms with Crippen molar-refractivity contribution in [3.63, 3.8) is 0 Å². The molecule has 0 saturated carbocycles. The van der Waals surface area contributed by atoms with Gasteiger partial charge in [-0.3, -0.25) is 4.99 Å². The van der Waals surface area contributed by atoms with Gasteiger partial charge in [-0.05, 0) is 6.42 Å². The van der Waals surface area contributed by atoms with E-state index in [9.17, 15) is 8.42 Å². The van der Waals surface area contributed by atoms with Gasteiger partial charge in [0.25, 0.3) is 0 Å². The van der Waals surface area contributed by atoms with Crippen molar-refractivity contribution in [3.8, 4) is 0 Å². The maximum atomic E-state index is 11.0. The highest BCUT2D eigenvalue weighted by molar-refractivity contribution is 7.91. The van der Waals surface area contributed by atoms with Crippen LogP contribution < -0.4 is 0 Å². The standard InChI is InChI=1S/C6H8Cl3NO2S/c7-6(8,9)4-10-5-1-2-13(11,12)3-5/h4-5H,1-3H2/t5-/m1/s1. The number of sulfone groups is 1. The Morgan fingerprint density at radius 2 is 2.00 bits per heavy atom. The maximum Gasteiger partial charge on any atom is 0.225 e. The molecule has 0 aromatic carbocycles. The van der Waals surface area contributed by atoms with Crippen molar-refractivity contribution in [2.45, 2.75) is 16.3 Å². The zero-order chi connectivity index (χ0) is 10.1. The third-order valence-electron chi connectivity index (χ3n) is 1.64. The summed E-state index contributed by atoms with van der Waals surface area (Å²) in [6.07, 6.45) is 1.67. The predicted octanol–water partition coefficient (Wildman–Crippen LogP) is 1.61. The largest absolute Gasteiger partial charge is 0.289 e. The van der Waals surface area contributed by atoms with Gasteiger partial charge in [0, 0.05) is 0 Å². The van der Waals surface area contributed by atoms with Gasteiger partial charge in [-0.25, -0.2) is 8.42 Å². The average molecular weight is 265 g/mol. The van der Waals surface area contributed by atoms with E-state index in [0.29, 0.717) is 6.42 Å². The van der Waals surface area contributed by atoms with Crippen LogP contribution in [0, 0.1) is 0 Å². The Morgan fingerprint density at radius 1 is 1.38 bits per heavy atom. The van der Waals surface area contributed by atoms with Crippen LogP contribution in [0.1, 0.15) is 6.42 Å². The fourth-order valence-electron chi connectivity index (χ4n) is 1.08. The monoisotopic (exact) mass is 263 g/mol. The zero-order valence-electron chi connectivity index (χ0n) is 6.58. The minimum atomic E-state index is -2.91. The molecule has 1 aliphatic rings. The quantitative estimate of drug-likeness (QED) is 0.534. The molecule has 0 spiro atoms. The van der Waals surface area contributed by atoms with Crippen LogP contribution >= 0.6 is 34.8 Å². The maximum absolute atomic E-state index is 11.0. The summed E-state index contributed by atoms with van der Waals surface area (Å²) >= 11 is 16.2. The Hall–Kier alpha value is 0.490. The summed E-state index contributed by atoms with van der Waals surface area (Å²) in [7, 11) is -2.91. The number of halogens is 3. The minimum Gasteiger partial charge on any atom is -0.289 e. The summed E-state index contributed by atoms with van der Waals surface area (Å²) in [6, 6.07) is -0.249. The van der Waals surface area contributed by atoms with E-state index in [0.717, 1.165) is 6.21 Å². The van der Waals surface area contributed by atoms with Crippen molar-refractivity contribution in [1.82, 2.24) is 0 Å². The van der Waals surface area contributed by atoms with Crippen molar-refractivity contribution in [2.24, 2.45) is 4.99 Å². The fraction of sp³-hybridized carbons (Fsp3) is 0.833.